The second kappa shape index (κ2) is 1.05. The number of aromatic hydroxyl groups is 1. The van der Waals surface area contributed by atoms with Gasteiger partial charge in [0.05, 0.1) is 0 Å². The molecule has 0 spiro atoms. The molecular weight excluding hydrogens is 80.0 g/mol. The van der Waals surface area contributed by atoms with Crippen LogP contribution in [0.3, 0.4) is 0 Å². The average molecular weight is 83.1 g/mol. The molecule has 0 aliphatic carbocycles. The standard InChI is InChI=1S/C4H3O2/c5-4-1-2-6-3-4/h1-2,5H/q-1. The summed E-state index contributed by atoms with van der Waals surface area (Å²) in [6.07, 6.45) is 3.54. The minimum atomic E-state index is 0.0509. The van der Waals surface area contributed by atoms with Crippen molar-refractivity contribution in [2.75, 3.05) is 0 Å². The molecule has 2 heteroatoms. The molecule has 0 unspecified atom stereocenters. The zero-order valence-electron chi connectivity index (χ0n) is 3.01. The van der Waals surface area contributed by atoms with E-state index in [2.05, 4.69) is 10.7 Å². The molecule has 0 radical (unpaired) electrons. The first kappa shape index (κ1) is 3.28. The molecule has 1 N–H and O–H groups in total. The quantitative estimate of drug-likeness (QED) is 0.470. The maximum Gasteiger partial charge on any atom is 0.0358 e. The Labute approximate surface area is 35.0 Å². The molecule has 1 heterocycles. The molecule has 0 aromatic carbocycles. The Balaban J connectivity index is 3.05. The minimum absolute atomic E-state index is 0.0509. The molecule has 1 rings (SSSR count). The highest BCUT2D eigenvalue weighted by molar-refractivity contribution is 5.07. The lowest BCUT2D eigenvalue weighted by molar-refractivity contribution is 0.454. The van der Waals surface area contributed by atoms with Crippen molar-refractivity contribution in [1.29, 1.82) is 0 Å². The van der Waals surface area contributed by atoms with Crippen molar-refractivity contribution < 1.29 is 9.52 Å². The maximum atomic E-state index is 8.32. The van der Waals surface area contributed by atoms with Gasteiger partial charge in [-0.2, -0.15) is 0 Å². The Morgan fingerprint density at radius 3 is 2.83 bits per heavy atom. The van der Waals surface area contributed by atoms with Crippen molar-refractivity contribution in [2.24, 2.45) is 0 Å². The fourth-order valence-electron chi connectivity index (χ4n) is 0.227. The monoisotopic (exact) mass is 83.0 g/mol. The van der Waals surface area contributed by atoms with Crippen molar-refractivity contribution >= 4 is 0 Å². The Bertz CT molecular complexity index is 109. The summed E-state index contributed by atoms with van der Waals surface area (Å²) in [7, 11) is 0. The van der Waals surface area contributed by atoms with E-state index in [1.54, 1.807) is 0 Å². The third-order valence-corrected chi connectivity index (χ3v) is 0.457. The van der Waals surface area contributed by atoms with E-state index in [4.69, 9.17) is 5.11 Å². The van der Waals surface area contributed by atoms with Gasteiger partial charge in [-0.15, -0.1) is 6.07 Å². The van der Waals surface area contributed by atoms with E-state index in [0.29, 0.717) is 0 Å². The van der Waals surface area contributed by atoms with Crippen LogP contribution in [-0.2, 0) is 0 Å². The molecule has 0 bridgehead atoms. The molecule has 0 saturated heterocycles. The van der Waals surface area contributed by atoms with E-state index < -0.39 is 0 Å². The van der Waals surface area contributed by atoms with Gasteiger partial charge in [0.2, 0.25) is 0 Å². The Kier molecular flexibility index (Phi) is 0.572. The predicted molar refractivity (Wildman–Crippen MR) is 19.2 cm³/mol. The van der Waals surface area contributed by atoms with Crippen molar-refractivity contribution in [3.63, 3.8) is 0 Å². The van der Waals surface area contributed by atoms with E-state index in [9.17, 15) is 0 Å². The van der Waals surface area contributed by atoms with Gasteiger partial charge < -0.3 is 9.52 Å². The summed E-state index contributed by atoms with van der Waals surface area (Å²) < 4.78 is 4.34. The zero-order chi connectivity index (χ0) is 4.41. The van der Waals surface area contributed by atoms with Crippen LogP contribution in [0.4, 0.5) is 0 Å². The number of furan rings is 1. The molecule has 2 nitrogen and oxygen atoms in total. The van der Waals surface area contributed by atoms with Gasteiger partial charge in [0.1, 0.15) is 0 Å². The minimum Gasteiger partial charge on any atom is -0.595 e. The Morgan fingerprint density at radius 1 is 1.83 bits per heavy atom. The smallest absolute Gasteiger partial charge is 0.0358 e. The molecule has 6 heavy (non-hydrogen) atoms. The van der Waals surface area contributed by atoms with Gasteiger partial charge in [-0.3, -0.25) is 0 Å². The fraction of sp³-hybridized carbons (Fsp3) is 0. The largest absolute Gasteiger partial charge is 0.595 e. The first-order chi connectivity index (χ1) is 2.89. The van der Waals surface area contributed by atoms with Crippen molar-refractivity contribution in [2.45, 2.75) is 0 Å². The topological polar surface area (TPSA) is 33.4 Å². The molecule has 0 atom stereocenters. The van der Waals surface area contributed by atoms with Gasteiger partial charge in [0, 0.05) is 12.0 Å². The van der Waals surface area contributed by atoms with Gasteiger partial charge in [0.25, 0.3) is 0 Å². The maximum absolute atomic E-state index is 8.32. The number of rotatable bonds is 0. The highest BCUT2D eigenvalue weighted by Crippen LogP contribution is 2.03. The van der Waals surface area contributed by atoms with Gasteiger partial charge in [-0.25, -0.2) is 0 Å². The highest BCUT2D eigenvalue weighted by Gasteiger charge is 1.67. The first-order valence-electron chi connectivity index (χ1n) is 1.54. The summed E-state index contributed by atoms with van der Waals surface area (Å²) in [5.74, 6) is 0.0509. The van der Waals surface area contributed by atoms with Crippen LogP contribution in [0.15, 0.2) is 16.7 Å². The third-order valence-electron chi connectivity index (χ3n) is 0.457. The van der Waals surface area contributed by atoms with E-state index in [-0.39, 0.29) is 5.75 Å². The van der Waals surface area contributed by atoms with Crippen LogP contribution in [0.2, 0.25) is 0 Å². The van der Waals surface area contributed by atoms with Crippen LogP contribution in [0.25, 0.3) is 0 Å². The molecule has 32 valence electrons. The highest BCUT2D eigenvalue weighted by atomic mass is 16.3. The molecule has 1 aromatic rings. The lowest BCUT2D eigenvalue weighted by Crippen LogP contribution is -1.41. The van der Waals surface area contributed by atoms with Gasteiger partial charge in [-0.1, -0.05) is 6.26 Å². The molecule has 0 fully saturated rings. The van der Waals surface area contributed by atoms with Crippen molar-refractivity contribution in [1.82, 2.24) is 0 Å². The second-order valence-corrected chi connectivity index (χ2v) is 0.908. The predicted octanol–water partition coefficient (Wildman–Crippen LogP) is 0.785. The van der Waals surface area contributed by atoms with E-state index in [1.165, 1.54) is 12.3 Å². The molecule has 1 aromatic heterocycles. The van der Waals surface area contributed by atoms with E-state index >= 15 is 0 Å². The molecule has 0 saturated carbocycles. The van der Waals surface area contributed by atoms with Crippen LogP contribution in [0.5, 0.6) is 5.75 Å². The Hall–Kier alpha value is -0.920. The summed E-state index contributed by atoms with van der Waals surface area (Å²) in [4.78, 5) is 0. The number of hydrogen-bond donors (Lipinski definition) is 1. The summed E-state index contributed by atoms with van der Waals surface area (Å²) >= 11 is 0. The summed E-state index contributed by atoms with van der Waals surface area (Å²) in [6, 6.07) is 1.42. The lowest BCUT2D eigenvalue weighted by atomic mass is 10.6. The van der Waals surface area contributed by atoms with Crippen molar-refractivity contribution in [3.05, 3.63) is 18.6 Å². The fourth-order valence-corrected chi connectivity index (χ4v) is 0.227. The van der Waals surface area contributed by atoms with Crippen molar-refractivity contribution in [3.8, 4) is 5.75 Å². The van der Waals surface area contributed by atoms with Crippen LogP contribution in [0.1, 0.15) is 0 Å². The summed E-state index contributed by atoms with van der Waals surface area (Å²) in [5.41, 5.74) is 0. The van der Waals surface area contributed by atoms with Crippen LogP contribution in [0, 0.1) is 6.26 Å². The summed E-state index contributed by atoms with van der Waals surface area (Å²) in [6.45, 7) is 0. The second-order valence-electron chi connectivity index (χ2n) is 0.908. The van der Waals surface area contributed by atoms with Gasteiger partial charge in [0.15, 0.2) is 0 Å². The van der Waals surface area contributed by atoms with Crippen LogP contribution < -0.4 is 0 Å². The number of hydrogen-bond acceptors (Lipinski definition) is 2. The van der Waals surface area contributed by atoms with Crippen LogP contribution in [-0.4, -0.2) is 5.11 Å². The van der Waals surface area contributed by atoms with E-state index in [1.807, 2.05) is 0 Å². The average Bonchev–Trinajstić information content (AvgIpc) is 1.86. The summed E-state index contributed by atoms with van der Waals surface area (Å²) in [5, 5.41) is 8.32. The lowest BCUT2D eigenvalue weighted by Gasteiger charge is -1.75. The molecule has 0 aliphatic rings. The normalized spacial score (nSPS) is 8.67. The first-order valence-corrected chi connectivity index (χ1v) is 1.54. The van der Waals surface area contributed by atoms with Gasteiger partial charge in [-0.05, 0) is 0 Å². The van der Waals surface area contributed by atoms with Gasteiger partial charge >= 0.3 is 0 Å². The molecular formula is C4H3O2-. The Morgan fingerprint density at radius 2 is 2.67 bits per heavy atom. The van der Waals surface area contributed by atoms with E-state index in [0.717, 1.165) is 0 Å². The SMILES string of the molecule is Oc1[c-]occ1. The zero-order valence-corrected chi connectivity index (χ0v) is 3.01. The molecule has 0 aliphatic heterocycles. The molecule has 0 amide bonds. The third kappa shape index (κ3) is 0.360. The van der Waals surface area contributed by atoms with Crippen LogP contribution >= 0.6 is 0 Å².